The molecule has 0 atom stereocenters. The molecule has 2 aromatic carbocycles. The first-order valence-electron chi connectivity index (χ1n) is 11.3. The van der Waals surface area contributed by atoms with Gasteiger partial charge in [-0.2, -0.15) is 0 Å². The number of nitrogens with zero attached hydrogens (tertiary/aromatic N) is 3. The summed E-state index contributed by atoms with van der Waals surface area (Å²) in [5.74, 6) is 1.40. The van der Waals surface area contributed by atoms with Crippen LogP contribution in [0.5, 0.6) is 5.75 Å². The third-order valence-electron chi connectivity index (χ3n) is 5.75. The van der Waals surface area contributed by atoms with Crippen LogP contribution in [0.3, 0.4) is 0 Å². The number of methoxy groups -OCH3 is 1. The number of aromatic nitrogens is 3. The summed E-state index contributed by atoms with van der Waals surface area (Å²) < 4.78 is 8.41. The van der Waals surface area contributed by atoms with Gasteiger partial charge in [-0.25, -0.2) is 14.3 Å². The smallest absolute Gasteiger partial charge is 0.346 e. The Bertz CT molecular complexity index is 1170. The maximum atomic E-state index is 13.0. The Morgan fingerprint density at radius 3 is 2.33 bits per heavy atom. The lowest BCUT2D eigenvalue weighted by molar-refractivity contribution is 0.251. The Balaban J connectivity index is 1.39. The highest BCUT2D eigenvalue weighted by Crippen LogP contribution is 2.36. The number of anilines is 1. The summed E-state index contributed by atoms with van der Waals surface area (Å²) in [4.78, 5) is 25.3. The topological polar surface area (TPSA) is 90.2 Å². The number of nitrogens with one attached hydrogen (secondary N) is 2. The largest absolute Gasteiger partial charge is 0.497 e. The lowest BCUT2D eigenvalue weighted by Gasteiger charge is -2.19. The van der Waals surface area contributed by atoms with E-state index in [0.29, 0.717) is 5.82 Å². The number of hydrogen-bond acceptors (Lipinski definition) is 4. The van der Waals surface area contributed by atoms with E-state index in [1.807, 2.05) is 48.5 Å². The summed E-state index contributed by atoms with van der Waals surface area (Å²) in [5, 5.41) is 10.2. The van der Waals surface area contributed by atoms with Gasteiger partial charge in [-0.15, -0.1) is 5.10 Å². The SMILES string of the molecule is COc1ccc(-c2nn(CCNC(=O)Nc3ccc(C(C)(C)C)cc3)c(=O)n2C2CC2)cc1. The number of urea groups is 1. The molecule has 1 saturated carbocycles. The quantitative estimate of drug-likeness (QED) is 0.566. The molecule has 0 spiro atoms. The van der Waals surface area contributed by atoms with Gasteiger partial charge in [-0.1, -0.05) is 32.9 Å². The fraction of sp³-hybridized carbons (Fsp3) is 0.400. The van der Waals surface area contributed by atoms with Gasteiger partial charge in [0.15, 0.2) is 5.82 Å². The van der Waals surface area contributed by atoms with Gasteiger partial charge in [0.2, 0.25) is 0 Å². The first-order chi connectivity index (χ1) is 15.8. The zero-order chi connectivity index (χ0) is 23.6. The van der Waals surface area contributed by atoms with Crippen LogP contribution in [0.15, 0.2) is 53.3 Å². The molecule has 1 aromatic heterocycles. The van der Waals surface area contributed by atoms with Crippen molar-refractivity contribution in [1.82, 2.24) is 19.7 Å². The Morgan fingerprint density at radius 2 is 1.76 bits per heavy atom. The normalized spacial score (nSPS) is 13.6. The number of rotatable bonds is 7. The van der Waals surface area contributed by atoms with Crippen LogP contribution < -0.4 is 21.1 Å². The standard InChI is InChI=1S/C25H31N5O3/c1-25(2,3)18-7-9-19(10-8-18)27-23(31)26-15-16-29-24(32)30(20-11-12-20)22(28-29)17-5-13-21(33-4)14-6-17/h5-10,13-14,20H,11-12,15-16H2,1-4H3,(H2,26,27,31). The van der Waals surface area contributed by atoms with Crippen LogP contribution >= 0.6 is 0 Å². The van der Waals surface area contributed by atoms with Crippen LogP contribution in [-0.2, 0) is 12.0 Å². The van der Waals surface area contributed by atoms with Crippen molar-refractivity contribution < 1.29 is 9.53 Å². The van der Waals surface area contributed by atoms with Crippen LogP contribution in [0, 0.1) is 0 Å². The molecule has 1 fully saturated rings. The first-order valence-corrected chi connectivity index (χ1v) is 11.3. The minimum Gasteiger partial charge on any atom is -0.497 e. The predicted molar refractivity (Wildman–Crippen MR) is 129 cm³/mol. The summed E-state index contributed by atoms with van der Waals surface area (Å²) in [7, 11) is 1.62. The average Bonchev–Trinajstić information content (AvgIpc) is 3.57. The van der Waals surface area contributed by atoms with E-state index in [9.17, 15) is 9.59 Å². The van der Waals surface area contributed by atoms with Crippen molar-refractivity contribution in [2.45, 2.75) is 51.6 Å². The number of amides is 2. The molecule has 3 aromatic rings. The minimum atomic E-state index is -0.316. The Morgan fingerprint density at radius 1 is 1.09 bits per heavy atom. The monoisotopic (exact) mass is 449 g/mol. The van der Waals surface area contributed by atoms with Crippen molar-refractivity contribution in [1.29, 1.82) is 0 Å². The molecule has 0 saturated heterocycles. The van der Waals surface area contributed by atoms with Crippen LogP contribution in [0.2, 0.25) is 0 Å². The summed E-state index contributed by atoms with van der Waals surface area (Å²) in [6.07, 6.45) is 1.95. The molecular weight excluding hydrogens is 418 g/mol. The van der Waals surface area contributed by atoms with Gasteiger partial charge in [-0.3, -0.25) is 4.57 Å². The highest BCUT2D eigenvalue weighted by molar-refractivity contribution is 5.89. The molecule has 33 heavy (non-hydrogen) atoms. The second kappa shape index (κ2) is 9.13. The molecule has 0 radical (unpaired) electrons. The molecular formula is C25H31N5O3. The molecule has 2 amide bonds. The molecule has 8 nitrogen and oxygen atoms in total. The molecule has 1 aliphatic rings. The number of hydrogen-bond donors (Lipinski definition) is 2. The van der Waals surface area contributed by atoms with Crippen LogP contribution in [0.4, 0.5) is 10.5 Å². The lowest BCUT2D eigenvalue weighted by atomic mass is 9.87. The third-order valence-corrected chi connectivity index (χ3v) is 5.75. The highest BCUT2D eigenvalue weighted by atomic mass is 16.5. The van der Waals surface area contributed by atoms with Crippen molar-refractivity contribution in [3.05, 3.63) is 64.6 Å². The van der Waals surface area contributed by atoms with Crippen molar-refractivity contribution in [2.75, 3.05) is 19.0 Å². The summed E-state index contributed by atoms with van der Waals surface area (Å²) in [6, 6.07) is 15.2. The second-order valence-corrected chi connectivity index (χ2v) is 9.37. The summed E-state index contributed by atoms with van der Waals surface area (Å²) >= 11 is 0. The van der Waals surface area contributed by atoms with E-state index >= 15 is 0 Å². The van der Waals surface area contributed by atoms with Gasteiger partial charge in [0, 0.05) is 23.8 Å². The van der Waals surface area contributed by atoms with Gasteiger partial charge in [0.05, 0.1) is 13.7 Å². The fourth-order valence-corrected chi connectivity index (χ4v) is 3.67. The third kappa shape index (κ3) is 5.27. The van der Waals surface area contributed by atoms with E-state index in [1.54, 1.807) is 11.7 Å². The van der Waals surface area contributed by atoms with Gasteiger partial charge in [0.25, 0.3) is 0 Å². The zero-order valence-electron chi connectivity index (χ0n) is 19.6. The Labute approximate surface area is 193 Å². The number of benzene rings is 2. The fourth-order valence-electron chi connectivity index (χ4n) is 3.67. The minimum absolute atomic E-state index is 0.0581. The maximum absolute atomic E-state index is 13.0. The van der Waals surface area contributed by atoms with Gasteiger partial charge < -0.3 is 15.4 Å². The van der Waals surface area contributed by atoms with Crippen molar-refractivity contribution in [2.24, 2.45) is 0 Å². The van der Waals surface area contributed by atoms with E-state index in [1.165, 1.54) is 10.2 Å². The number of carbonyl (C=O) groups excluding carboxylic acids is 1. The molecule has 4 rings (SSSR count). The van der Waals surface area contributed by atoms with E-state index in [2.05, 4.69) is 36.5 Å². The van der Waals surface area contributed by atoms with Crippen LogP contribution in [0.1, 0.15) is 45.2 Å². The summed E-state index contributed by atoms with van der Waals surface area (Å²) in [6.45, 7) is 7.02. The number of ether oxygens (including phenoxy) is 1. The molecule has 0 unspecified atom stereocenters. The molecule has 174 valence electrons. The number of carbonyl (C=O) groups is 1. The average molecular weight is 450 g/mol. The molecule has 8 heteroatoms. The predicted octanol–water partition coefficient (Wildman–Crippen LogP) is 4.17. The van der Waals surface area contributed by atoms with Crippen LogP contribution in [-0.4, -0.2) is 34.0 Å². The van der Waals surface area contributed by atoms with E-state index in [-0.39, 0.29) is 36.3 Å². The molecule has 0 aliphatic heterocycles. The van der Waals surface area contributed by atoms with E-state index in [0.717, 1.165) is 29.8 Å². The lowest BCUT2D eigenvalue weighted by Crippen LogP contribution is -2.34. The zero-order valence-corrected chi connectivity index (χ0v) is 19.6. The maximum Gasteiger partial charge on any atom is 0.346 e. The molecule has 1 heterocycles. The van der Waals surface area contributed by atoms with E-state index in [4.69, 9.17) is 4.74 Å². The Kier molecular flexibility index (Phi) is 6.26. The summed E-state index contributed by atoms with van der Waals surface area (Å²) in [5.41, 5.74) is 2.69. The Hall–Kier alpha value is -3.55. The van der Waals surface area contributed by atoms with Gasteiger partial charge >= 0.3 is 11.7 Å². The molecule has 2 N–H and O–H groups in total. The molecule has 1 aliphatic carbocycles. The van der Waals surface area contributed by atoms with Crippen molar-refractivity contribution >= 4 is 11.7 Å². The van der Waals surface area contributed by atoms with Crippen molar-refractivity contribution in [3.8, 4) is 17.1 Å². The molecule has 0 bridgehead atoms. The second-order valence-electron chi connectivity index (χ2n) is 9.37. The van der Waals surface area contributed by atoms with Crippen LogP contribution in [0.25, 0.3) is 11.4 Å². The van der Waals surface area contributed by atoms with Gasteiger partial charge in [-0.05, 0) is 60.2 Å². The van der Waals surface area contributed by atoms with Gasteiger partial charge in [0.1, 0.15) is 5.75 Å². The van der Waals surface area contributed by atoms with E-state index < -0.39 is 0 Å². The van der Waals surface area contributed by atoms with Crippen molar-refractivity contribution in [3.63, 3.8) is 0 Å². The highest BCUT2D eigenvalue weighted by Gasteiger charge is 2.30. The first kappa shape index (κ1) is 22.6.